The van der Waals surface area contributed by atoms with Crippen molar-refractivity contribution in [2.24, 2.45) is 5.73 Å². The number of rotatable bonds is 2. The van der Waals surface area contributed by atoms with Crippen LogP contribution in [0, 0.1) is 0 Å². The highest BCUT2D eigenvalue weighted by atomic mass is 16.8. The topological polar surface area (TPSA) is 82.8 Å². The molecule has 2 aliphatic heterocycles. The van der Waals surface area contributed by atoms with Crippen LogP contribution < -0.4 is 11.1 Å². The van der Waals surface area contributed by atoms with Crippen molar-refractivity contribution in [2.45, 2.75) is 57.5 Å². The summed E-state index contributed by atoms with van der Waals surface area (Å²) in [6.07, 6.45) is -0.209. The molecular formula is C10H18N2O4. The molecule has 0 spiro atoms. The summed E-state index contributed by atoms with van der Waals surface area (Å²) in [6, 6.07) is -0.617. The minimum absolute atomic E-state index is 0.0661. The largest absolute Gasteiger partial charge is 0.352 e. The van der Waals surface area contributed by atoms with Gasteiger partial charge >= 0.3 is 6.03 Å². The second-order valence-corrected chi connectivity index (χ2v) is 4.58. The lowest BCUT2D eigenvalue weighted by molar-refractivity contribution is -0.188. The van der Waals surface area contributed by atoms with Gasteiger partial charge in [-0.05, 0) is 20.3 Å². The van der Waals surface area contributed by atoms with Crippen LogP contribution in [0.25, 0.3) is 0 Å². The number of nitrogens with two attached hydrogens (primary N) is 1. The average Bonchev–Trinajstić information content (AvgIpc) is 2.60. The quantitative estimate of drug-likeness (QED) is 0.715. The van der Waals surface area contributed by atoms with Crippen LogP contribution in [0.4, 0.5) is 4.79 Å². The third-order valence-corrected chi connectivity index (χ3v) is 2.84. The first-order chi connectivity index (χ1) is 7.43. The second kappa shape index (κ2) is 3.87. The highest BCUT2D eigenvalue weighted by molar-refractivity contribution is 5.71. The normalized spacial score (nSPS) is 40.7. The number of carbonyl (C=O) groups is 1. The third-order valence-electron chi connectivity index (χ3n) is 2.84. The number of ether oxygens (including phenoxy) is 3. The fourth-order valence-corrected chi connectivity index (χ4v) is 2.27. The van der Waals surface area contributed by atoms with E-state index in [0.717, 1.165) is 6.42 Å². The first-order valence-corrected chi connectivity index (χ1v) is 5.50. The van der Waals surface area contributed by atoms with Crippen molar-refractivity contribution >= 4 is 6.03 Å². The Labute approximate surface area is 94.4 Å². The van der Waals surface area contributed by atoms with E-state index in [1.54, 1.807) is 0 Å². The number of nitrogens with one attached hydrogen (secondary N) is 1. The SMILES string of the molecule is CC[C@H]1O[C@@H](NC(N)=O)C2OC(C)(C)O[C@H]21. The minimum Gasteiger partial charge on any atom is -0.352 e. The van der Waals surface area contributed by atoms with E-state index < -0.39 is 18.0 Å². The van der Waals surface area contributed by atoms with Crippen LogP contribution in [0.3, 0.4) is 0 Å². The summed E-state index contributed by atoms with van der Waals surface area (Å²) in [5, 5.41) is 2.53. The van der Waals surface area contributed by atoms with Gasteiger partial charge in [0.25, 0.3) is 0 Å². The summed E-state index contributed by atoms with van der Waals surface area (Å²) in [7, 11) is 0. The number of hydrogen-bond acceptors (Lipinski definition) is 4. The average molecular weight is 230 g/mol. The minimum atomic E-state index is -0.635. The van der Waals surface area contributed by atoms with Crippen molar-refractivity contribution in [3.05, 3.63) is 0 Å². The fraction of sp³-hybridized carbons (Fsp3) is 0.900. The summed E-state index contributed by atoms with van der Waals surface area (Å²) in [5.41, 5.74) is 5.08. The first-order valence-electron chi connectivity index (χ1n) is 5.50. The molecule has 2 fully saturated rings. The van der Waals surface area contributed by atoms with Gasteiger partial charge in [-0.3, -0.25) is 0 Å². The highest BCUT2D eigenvalue weighted by Crippen LogP contribution is 2.38. The van der Waals surface area contributed by atoms with E-state index in [-0.39, 0.29) is 18.3 Å². The number of urea groups is 1. The molecule has 2 rings (SSSR count). The molecule has 2 aliphatic rings. The van der Waals surface area contributed by atoms with Gasteiger partial charge in [-0.1, -0.05) is 6.92 Å². The van der Waals surface area contributed by atoms with Gasteiger partial charge in [0.1, 0.15) is 12.2 Å². The van der Waals surface area contributed by atoms with Gasteiger partial charge in [0.15, 0.2) is 12.0 Å². The number of hydrogen-bond donors (Lipinski definition) is 2. The predicted molar refractivity (Wildman–Crippen MR) is 55.5 cm³/mol. The zero-order valence-electron chi connectivity index (χ0n) is 9.73. The Morgan fingerprint density at radius 1 is 1.38 bits per heavy atom. The molecule has 2 heterocycles. The smallest absolute Gasteiger partial charge is 0.314 e. The summed E-state index contributed by atoms with van der Waals surface area (Å²) in [6.45, 7) is 5.70. The molecule has 0 saturated carbocycles. The summed E-state index contributed by atoms with van der Waals surface area (Å²) >= 11 is 0. The van der Waals surface area contributed by atoms with E-state index in [0.29, 0.717) is 0 Å². The lowest BCUT2D eigenvalue weighted by Gasteiger charge is -2.23. The zero-order valence-corrected chi connectivity index (χ0v) is 9.73. The van der Waals surface area contributed by atoms with Gasteiger partial charge in [0, 0.05) is 0 Å². The van der Waals surface area contributed by atoms with Crippen LogP contribution in [0.5, 0.6) is 0 Å². The summed E-state index contributed by atoms with van der Waals surface area (Å²) in [5.74, 6) is -0.635. The number of primary amides is 1. The lowest BCUT2D eigenvalue weighted by Crippen LogP contribution is -2.46. The molecule has 2 amide bonds. The van der Waals surface area contributed by atoms with Gasteiger partial charge in [-0.15, -0.1) is 0 Å². The maximum atomic E-state index is 10.8. The Kier molecular flexibility index (Phi) is 2.81. The molecule has 92 valence electrons. The Bertz CT molecular complexity index is 295. The Hall–Kier alpha value is -0.850. The molecular weight excluding hydrogens is 212 g/mol. The molecule has 6 nitrogen and oxygen atoms in total. The van der Waals surface area contributed by atoms with Crippen molar-refractivity contribution in [3.63, 3.8) is 0 Å². The van der Waals surface area contributed by atoms with Gasteiger partial charge in [-0.25, -0.2) is 4.79 Å². The molecule has 16 heavy (non-hydrogen) atoms. The first kappa shape index (κ1) is 11.6. The van der Waals surface area contributed by atoms with Crippen molar-refractivity contribution in [3.8, 4) is 0 Å². The Morgan fingerprint density at radius 3 is 2.56 bits per heavy atom. The zero-order chi connectivity index (χ0) is 11.9. The van der Waals surface area contributed by atoms with Gasteiger partial charge in [0.05, 0.1) is 6.10 Å². The molecule has 0 aromatic rings. The number of amides is 2. The monoisotopic (exact) mass is 230 g/mol. The molecule has 0 bridgehead atoms. The number of carbonyl (C=O) groups excluding carboxylic acids is 1. The molecule has 6 heteroatoms. The van der Waals surface area contributed by atoms with Crippen LogP contribution in [-0.4, -0.2) is 36.4 Å². The van der Waals surface area contributed by atoms with E-state index >= 15 is 0 Å². The van der Waals surface area contributed by atoms with Crippen LogP contribution in [-0.2, 0) is 14.2 Å². The second-order valence-electron chi connectivity index (χ2n) is 4.58. The van der Waals surface area contributed by atoms with E-state index in [4.69, 9.17) is 19.9 Å². The van der Waals surface area contributed by atoms with Crippen molar-refractivity contribution in [1.29, 1.82) is 0 Å². The Morgan fingerprint density at radius 2 is 2.00 bits per heavy atom. The lowest BCUT2D eigenvalue weighted by atomic mass is 10.1. The van der Waals surface area contributed by atoms with E-state index in [1.165, 1.54) is 0 Å². The van der Waals surface area contributed by atoms with Crippen molar-refractivity contribution in [2.75, 3.05) is 0 Å². The predicted octanol–water partition coefficient (Wildman–Crippen LogP) is 0.310. The van der Waals surface area contributed by atoms with Crippen LogP contribution >= 0.6 is 0 Å². The van der Waals surface area contributed by atoms with Gasteiger partial charge in [0.2, 0.25) is 0 Å². The summed E-state index contributed by atoms with van der Waals surface area (Å²) < 4.78 is 17.1. The molecule has 3 N–H and O–H groups in total. The maximum absolute atomic E-state index is 10.8. The molecule has 1 unspecified atom stereocenters. The molecule has 0 radical (unpaired) electrons. The maximum Gasteiger partial charge on any atom is 0.314 e. The number of fused-ring (bicyclic) bond motifs is 1. The van der Waals surface area contributed by atoms with Crippen LogP contribution in [0.1, 0.15) is 27.2 Å². The van der Waals surface area contributed by atoms with E-state index in [9.17, 15) is 4.79 Å². The summed E-state index contributed by atoms with van der Waals surface area (Å²) in [4.78, 5) is 10.8. The van der Waals surface area contributed by atoms with Crippen LogP contribution in [0.15, 0.2) is 0 Å². The molecule has 0 aliphatic carbocycles. The molecule has 4 atom stereocenters. The Balaban J connectivity index is 2.11. The standard InChI is InChI=1S/C10H18N2O4/c1-4-5-6-7(16-10(2,3)15-6)8(14-5)12-9(11)13/h5-8H,4H2,1-3H3,(H3,11,12,13)/t5-,6+,7?,8-/m1/s1. The van der Waals surface area contributed by atoms with Crippen LogP contribution in [0.2, 0.25) is 0 Å². The van der Waals surface area contributed by atoms with Gasteiger partial charge < -0.3 is 25.3 Å². The van der Waals surface area contributed by atoms with E-state index in [1.807, 2.05) is 20.8 Å². The van der Waals surface area contributed by atoms with E-state index in [2.05, 4.69) is 5.32 Å². The fourth-order valence-electron chi connectivity index (χ4n) is 2.27. The van der Waals surface area contributed by atoms with Crippen molar-refractivity contribution in [1.82, 2.24) is 5.32 Å². The molecule has 2 saturated heterocycles. The third kappa shape index (κ3) is 2.00. The van der Waals surface area contributed by atoms with Gasteiger partial charge in [-0.2, -0.15) is 0 Å². The molecule has 0 aromatic carbocycles. The highest BCUT2D eigenvalue weighted by Gasteiger charge is 2.54. The van der Waals surface area contributed by atoms with Crippen molar-refractivity contribution < 1.29 is 19.0 Å². The molecule has 0 aromatic heterocycles.